The van der Waals surface area contributed by atoms with Gasteiger partial charge in [-0.2, -0.15) is 0 Å². The summed E-state index contributed by atoms with van der Waals surface area (Å²) < 4.78 is 0. The molecule has 0 bridgehead atoms. The van der Waals surface area contributed by atoms with Gasteiger partial charge in [0.2, 0.25) is 0 Å². The molecule has 0 saturated carbocycles. The highest BCUT2D eigenvalue weighted by molar-refractivity contribution is 5.92. The van der Waals surface area contributed by atoms with Crippen LogP contribution in [-0.2, 0) is 0 Å². The molecule has 2 aliphatic rings. The van der Waals surface area contributed by atoms with Crippen molar-refractivity contribution in [3.05, 3.63) is 23.9 Å². The first-order valence-electron chi connectivity index (χ1n) is 6.86. The molecule has 2 aliphatic heterocycles. The smallest absolute Gasteiger partial charge is 0.272 e. The molecule has 2 saturated heterocycles. The van der Waals surface area contributed by atoms with Gasteiger partial charge in [0.1, 0.15) is 11.5 Å². The number of nitrogens with zero attached hydrogens (tertiary/aromatic N) is 3. The zero-order chi connectivity index (χ0) is 12.4. The number of carbonyl (C=O) groups excluding carboxylic acids is 1. The molecule has 0 atom stereocenters. The highest BCUT2D eigenvalue weighted by atomic mass is 16.2. The molecule has 3 rings (SSSR count). The van der Waals surface area contributed by atoms with Crippen molar-refractivity contribution in [2.75, 3.05) is 31.1 Å². The third kappa shape index (κ3) is 2.19. The summed E-state index contributed by atoms with van der Waals surface area (Å²) in [5, 5.41) is 0. The summed E-state index contributed by atoms with van der Waals surface area (Å²) in [4.78, 5) is 21.0. The maximum atomic E-state index is 12.3. The highest BCUT2D eigenvalue weighted by Crippen LogP contribution is 2.19. The lowest BCUT2D eigenvalue weighted by molar-refractivity contribution is 0.0787. The van der Waals surface area contributed by atoms with Crippen molar-refractivity contribution in [2.45, 2.75) is 25.7 Å². The zero-order valence-electron chi connectivity index (χ0n) is 10.6. The van der Waals surface area contributed by atoms with Crippen molar-refractivity contribution in [1.82, 2.24) is 9.88 Å². The van der Waals surface area contributed by atoms with Gasteiger partial charge < -0.3 is 9.80 Å². The van der Waals surface area contributed by atoms with E-state index in [0.29, 0.717) is 5.69 Å². The minimum atomic E-state index is 0.0912. The summed E-state index contributed by atoms with van der Waals surface area (Å²) in [6.45, 7) is 3.89. The molecule has 3 heterocycles. The lowest BCUT2D eigenvalue weighted by Gasteiger charge is -2.18. The quantitative estimate of drug-likeness (QED) is 0.798. The highest BCUT2D eigenvalue weighted by Gasteiger charge is 2.21. The Kier molecular flexibility index (Phi) is 3.17. The van der Waals surface area contributed by atoms with Gasteiger partial charge in [-0.05, 0) is 37.8 Å². The monoisotopic (exact) mass is 245 g/mol. The Morgan fingerprint density at radius 3 is 2.39 bits per heavy atom. The van der Waals surface area contributed by atoms with Crippen LogP contribution in [0.15, 0.2) is 18.2 Å². The number of carbonyl (C=O) groups is 1. The first-order valence-corrected chi connectivity index (χ1v) is 6.86. The van der Waals surface area contributed by atoms with Crippen LogP contribution in [0, 0.1) is 0 Å². The van der Waals surface area contributed by atoms with Crippen LogP contribution in [-0.4, -0.2) is 42.0 Å². The van der Waals surface area contributed by atoms with Crippen molar-refractivity contribution < 1.29 is 4.79 Å². The Morgan fingerprint density at radius 2 is 1.67 bits per heavy atom. The van der Waals surface area contributed by atoms with E-state index < -0.39 is 0 Å². The molecule has 4 heteroatoms. The molecule has 2 fully saturated rings. The fraction of sp³-hybridized carbons (Fsp3) is 0.571. The maximum Gasteiger partial charge on any atom is 0.272 e. The summed E-state index contributed by atoms with van der Waals surface area (Å²) >= 11 is 0. The Morgan fingerprint density at radius 1 is 1.00 bits per heavy atom. The average Bonchev–Trinajstić information content (AvgIpc) is 3.11. The van der Waals surface area contributed by atoms with E-state index in [0.717, 1.165) is 44.8 Å². The summed E-state index contributed by atoms with van der Waals surface area (Å²) in [5.74, 6) is 1.05. The number of hydrogen-bond acceptors (Lipinski definition) is 3. The Hall–Kier alpha value is -1.58. The molecule has 4 nitrogen and oxygen atoms in total. The number of likely N-dealkylation sites (tertiary alicyclic amines) is 1. The first kappa shape index (κ1) is 11.5. The Bertz CT molecular complexity index is 434. The molecule has 1 aromatic rings. The second kappa shape index (κ2) is 4.96. The van der Waals surface area contributed by atoms with Gasteiger partial charge >= 0.3 is 0 Å². The molecular formula is C14H19N3O. The van der Waals surface area contributed by atoms with E-state index in [1.807, 2.05) is 23.1 Å². The standard InChI is InChI=1S/C14H19N3O/c18-14(17-10-3-4-11-17)12-6-5-7-13(15-12)16-8-1-2-9-16/h5-7H,1-4,8-11H2. The molecular weight excluding hydrogens is 226 g/mol. The molecule has 0 unspecified atom stereocenters. The summed E-state index contributed by atoms with van der Waals surface area (Å²) in [5.41, 5.74) is 0.598. The Balaban J connectivity index is 1.79. The van der Waals surface area contributed by atoms with Crippen LogP contribution in [0.2, 0.25) is 0 Å². The van der Waals surface area contributed by atoms with Crippen LogP contribution >= 0.6 is 0 Å². The second-order valence-electron chi connectivity index (χ2n) is 5.07. The largest absolute Gasteiger partial charge is 0.357 e. The SMILES string of the molecule is O=C(c1cccc(N2CCCC2)n1)N1CCCC1. The average molecular weight is 245 g/mol. The van der Waals surface area contributed by atoms with E-state index >= 15 is 0 Å². The van der Waals surface area contributed by atoms with Crippen molar-refractivity contribution >= 4 is 11.7 Å². The van der Waals surface area contributed by atoms with Crippen LogP contribution < -0.4 is 4.90 Å². The van der Waals surface area contributed by atoms with Crippen LogP contribution in [0.4, 0.5) is 5.82 Å². The van der Waals surface area contributed by atoms with Crippen LogP contribution in [0.1, 0.15) is 36.2 Å². The molecule has 0 spiro atoms. The fourth-order valence-corrected chi connectivity index (χ4v) is 2.75. The van der Waals surface area contributed by atoms with Gasteiger partial charge in [-0.15, -0.1) is 0 Å². The number of rotatable bonds is 2. The fourth-order valence-electron chi connectivity index (χ4n) is 2.75. The van der Waals surface area contributed by atoms with Crippen molar-refractivity contribution in [2.24, 2.45) is 0 Å². The number of anilines is 1. The molecule has 0 N–H and O–H groups in total. The third-order valence-electron chi connectivity index (χ3n) is 3.78. The van der Waals surface area contributed by atoms with Crippen molar-refractivity contribution in [1.29, 1.82) is 0 Å². The van der Waals surface area contributed by atoms with Crippen LogP contribution in [0.25, 0.3) is 0 Å². The lowest BCUT2D eigenvalue weighted by atomic mass is 10.3. The number of amides is 1. The van der Waals surface area contributed by atoms with E-state index in [4.69, 9.17) is 0 Å². The summed E-state index contributed by atoms with van der Waals surface area (Å²) in [7, 11) is 0. The van der Waals surface area contributed by atoms with Gasteiger partial charge in [0.15, 0.2) is 0 Å². The third-order valence-corrected chi connectivity index (χ3v) is 3.78. The van der Waals surface area contributed by atoms with Crippen molar-refractivity contribution in [3.63, 3.8) is 0 Å². The minimum Gasteiger partial charge on any atom is -0.357 e. The topological polar surface area (TPSA) is 36.4 Å². The summed E-state index contributed by atoms with van der Waals surface area (Å²) in [6, 6.07) is 5.79. The molecule has 18 heavy (non-hydrogen) atoms. The predicted octanol–water partition coefficient (Wildman–Crippen LogP) is 1.92. The molecule has 96 valence electrons. The van der Waals surface area contributed by atoms with Gasteiger partial charge in [0.05, 0.1) is 0 Å². The number of hydrogen-bond donors (Lipinski definition) is 0. The van der Waals surface area contributed by atoms with E-state index in [2.05, 4.69) is 9.88 Å². The molecule has 1 amide bonds. The number of aromatic nitrogens is 1. The molecule has 1 aromatic heterocycles. The lowest BCUT2D eigenvalue weighted by Crippen LogP contribution is -2.29. The normalized spacial score (nSPS) is 19.6. The van der Waals surface area contributed by atoms with E-state index in [1.165, 1.54) is 12.8 Å². The minimum absolute atomic E-state index is 0.0912. The first-order chi connectivity index (χ1) is 8.84. The molecule has 0 aliphatic carbocycles. The van der Waals surface area contributed by atoms with E-state index in [1.54, 1.807) is 0 Å². The van der Waals surface area contributed by atoms with Crippen LogP contribution in [0.3, 0.4) is 0 Å². The Labute approximate surface area is 108 Å². The van der Waals surface area contributed by atoms with E-state index in [9.17, 15) is 4.79 Å². The predicted molar refractivity (Wildman–Crippen MR) is 70.8 cm³/mol. The van der Waals surface area contributed by atoms with Gasteiger partial charge in [0, 0.05) is 26.2 Å². The summed E-state index contributed by atoms with van der Waals surface area (Å²) in [6.07, 6.45) is 4.70. The molecule has 0 radical (unpaired) electrons. The second-order valence-corrected chi connectivity index (χ2v) is 5.07. The number of pyridine rings is 1. The van der Waals surface area contributed by atoms with E-state index in [-0.39, 0.29) is 5.91 Å². The van der Waals surface area contributed by atoms with Crippen LogP contribution in [0.5, 0.6) is 0 Å². The van der Waals surface area contributed by atoms with Gasteiger partial charge in [-0.3, -0.25) is 4.79 Å². The van der Waals surface area contributed by atoms with Gasteiger partial charge in [-0.1, -0.05) is 6.07 Å². The van der Waals surface area contributed by atoms with Gasteiger partial charge in [-0.25, -0.2) is 4.98 Å². The molecule has 0 aromatic carbocycles. The van der Waals surface area contributed by atoms with Crippen molar-refractivity contribution in [3.8, 4) is 0 Å². The maximum absolute atomic E-state index is 12.3. The van der Waals surface area contributed by atoms with Gasteiger partial charge in [0.25, 0.3) is 5.91 Å². The zero-order valence-corrected chi connectivity index (χ0v) is 10.6.